The number of carbonyl (C=O) groups is 1. The molecule has 1 saturated heterocycles. The van der Waals surface area contributed by atoms with Gasteiger partial charge >= 0.3 is 6.61 Å². The maximum Gasteiger partial charge on any atom is 0.387 e. The summed E-state index contributed by atoms with van der Waals surface area (Å²) in [6.45, 7) is -1.74. The molecular formula is C16H16F2N4O3. The second-order valence-electron chi connectivity index (χ2n) is 6.00. The molecule has 1 aromatic heterocycles. The molecule has 132 valence electrons. The van der Waals surface area contributed by atoms with Crippen LogP contribution in [0.5, 0.6) is 5.75 Å². The standard InChI is InChI=1S/C16H16F2N4O3/c17-16(18)25-13-4-2-1-3-11(13)15(23)21-6-5-12-14(8-21)24-9-10-7-19-20-22(10)12/h1-4,7,12,14,16H,5-6,8-9H2/t12-,14-/m0/s1. The third kappa shape index (κ3) is 2.95. The number of rotatable bonds is 3. The fourth-order valence-corrected chi connectivity index (χ4v) is 3.38. The minimum atomic E-state index is -2.98. The first-order valence-electron chi connectivity index (χ1n) is 7.97. The minimum Gasteiger partial charge on any atom is -0.434 e. The molecule has 3 heterocycles. The number of halogens is 2. The van der Waals surface area contributed by atoms with Crippen LogP contribution in [0.4, 0.5) is 8.78 Å². The molecule has 0 spiro atoms. The highest BCUT2D eigenvalue weighted by atomic mass is 19.3. The second-order valence-corrected chi connectivity index (χ2v) is 6.00. The van der Waals surface area contributed by atoms with Crippen LogP contribution in [-0.2, 0) is 11.3 Å². The first-order valence-corrected chi connectivity index (χ1v) is 7.97. The summed E-state index contributed by atoms with van der Waals surface area (Å²) in [5, 5.41) is 8.00. The fraction of sp³-hybridized carbons (Fsp3) is 0.438. The third-order valence-electron chi connectivity index (χ3n) is 4.55. The second kappa shape index (κ2) is 6.40. The van der Waals surface area contributed by atoms with Gasteiger partial charge in [-0.05, 0) is 18.6 Å². The van der Waals surface area contributed by atoms with Gasteiger partial charge < -0.3 is 14.4 Å². The predicted molar refractivity (Wildman–Crippen MR) is 81.2 cm³/mol. The van der Waals surface area contributed by atoms with E-state index in [1.807, 2.05) is 4.68 Å². The smallest absolute Gasteiger partial charge is 0.387 e. The Morgan fingerprint density at radius 3 is 3.04 bits per heavy atom. The van der Waals surface area contributed by atoms with Crippen molar-refractivity contribution in [1.82, 2.24) is 19.9 Å². The number of hydrogen-bond donors (Lipinski definition) is 0. The highest BCUT2D eigenvalue weighted by Gasteiger charge is 2.38. The molecule has 1 aromatic carbocycles. The van der Waals surface area contributed by atoms with E-state index in [0.29, 0.717) is 26.1 Å². The fourth-order valence-electron chi connectivity index (χ4n) is 3.38. The molecule has 4 rings (SSSR count). The van der Waals surface area contributed by atoms with Gasteiger partial charge in [0.05, 0.1) is 36.2 Å². The Morgan fingerprint density at radius 1 is 1.36 bits per heavy atom. The van der Waals surface area contributed by atoms with Crippen molar-refractivity contribution in [2.75, 3.05) is 13.1 Å². The quantitative estimate of drug-likeness (QED) is 0.845. The van der Waals surface area contributed by atoms with Gasteiger partial charge in [0, 0.05) is 13.1 Å². The Morgan fingerprint density at radius 2 is 2.20 bits per heavy atom. The summed E-state index contributed by atoms with van der Waals surface area (Å²) in [6, 6.07) is 6.06. The predicted octanol–water partition coefficient (Wildman–Crippen LogP) is 1.87. The van der Waals surface area contributed by atoms with Crippen LogP contribution in [0.3, 0.4) is 0 Å². The van der Waals surface area contributed by atoms with E-state index >= 15 is 0 Å². The van der Waals surface area contributed by atoms with Crippen LogP contribution in [0.15, 0.2) is 30.5 Å². The lowest BCUT2D eigenvalue weighted by Gasteiger charge is -2.41. The lowest BCUT2D eigenvalue weighted by molar-refractivity contribution is -0.0634. The molecule has 9 heteroatoms. The van der Waals surface area contributed by atoms with Crippen molar-refractivity contribution in [2.24, 2.45) is 0 Å². The minimum absolute atomic E-state index is 0.0304. The molecule has 2 aliphatic heterocycles. The van der Waals surface area contributed by atoms with E-state index < -0.39 is 6.61 Å². The Kier molecular flexibility index (Phi) is 4.08. The van der Waals surface area contributed by atoms with E-state index in [4.69, 9.17) is 4.74 Å². The number of aromatic nitrogens is 3. The van der Waals surface area contributed by atoms with Gasteiger partial charge in [0.2, 0.25) is 0 Å². The van der Waals surface area contributed by atoms with Gasteiger partial charge in [-0.2, -0.15) is 8.78 Å². The summed E-state index contributed by atoms with van der Waals surface area (Å²) < 4.78 is 37.3. The first kappa shape index (κ1) is 15.9. The van der Waals surface area contributed by atoms with E-state index in [-0.39, 0.29) is 29.4 Å². The Bertz CT molecular complexity index is 782. The molecule has 2 aliphatic rings. The largest absolute Gasteiger partial charge is 0.434 e. The van der Waals surface area contributed by atoms with E-state index in [0.717, 1.165) is 5.69 Å². The lowest BCUT2D eigenvalue weighted by Crippen LogP contribution is -2.50. The van der Waals surface area contributed by atoms with Gasteiger partial charge in [0.1, 0.15) is 5.75 Å². The van der Waals surface area contributed by atoms with Crippen molar-refractivity contribution in [3.05, 3.63) is 41.7 Å². The van der Waals surface area contributed by atoms with Crippen molar-refractivity contribution < 1.29 is 23.0 Å². The third-order valence-corrected chi connectivity index (χ3v) is 4.55. The van der Waals surface area contributed by atoms with Gasteiger partial charge in [0.25, 0.3) is 5.91 Å². The molecule has 25 heavy (non-hydrogen) atoms. The van der Waals surface area contributed by atoms with Crippen LogP contribution in [-0.4, -0.2) is 51.6 Å². The SMILES string of the molecule is O=C(c1ccccc1OC(F)F)N1CC[C@H]2[C@H](C1)OCc1cnnn12. The van der Waals surface area contributed by atoms with Crippen molar-refractivity contribution in [2.45, 2.75) is 31.8 Å². The number of nitrogens with zero attached hydrogens (tertiary/aromatic N) is 4. The summed E-state index contributed by atoms with van der Waals surface area (Å²) in [7, 11) is 0. The van der Waals surface area contributed by atoms with Crippen LogP contribution in [0, 0.1) is 0 Å². The molecule has 0 aliphatic carbocycles. The molecule has 2 atom stereocenters. The van der Waals surface area contributed by atoms with E-state index in [9.17, 15) is 13.6 Å². The van der Waals surface area contributed by atoms with Crippen molar-refractivity contribution in [3.8, 4) is 5.75 Å². The number of amides is 1. The van der Waals surface area contributed by atoms with E-state index in [2.05, 4.69) is 15.0 Å². The maximum absolute atomic E-state index is 12.8. The number of para-hydroxylation sites is 1. The van der Waals surface area contributed by atoms with E-state index in [1.165, 1.54) is 12.1 Å². The van der Waals surface area contributed by atoms with Crippen LogP contribution in [0.1, 0.15) is 28.5 Å². The number of likely N-dealkylation sites (tertiary alicyclic amines) is 1. The van der Waals surface area contributed by atoms with Crippen molar-refractivity contribution in [3.63, 3.8) is 0 Å². The summed E-state index contributed by atoms with van der Waals surface area (Å²) >= 11 is 0. The average Bonchev–Trinajstić information content (AvgIpc) is 3.10. The van der Waals surface area contributed by atoms with Crippen LogP contribution < -0.4 is 4.74 Å². The molecule has 7 nitrogen and oxygen atoms in total. The highest BCUT2D eigenvalue weighted by Crippen LogP contribution is 2.32. The van der Waals surface area contributed by atoms with Crippen LogP contribution >= 0.6 is 0 Å². The molecule has 0 unspecified atom stereocenters. The topological polar surface area (TPSA) is 69.5 Å². The molecule has 0 bridgehead atoms. The van der Waals surface area contributed by atoms with Gasteiger partial charge in [0.15, 0.2) is 0 Å². The maximum atomic E-state index is 12.8. The van der Waals surface area contributed by atoms with Crippen LogP contribution in [0.25, 0.3) is 0 Å². The van der Waals surface area contributed by atoms with Gasteiger partial charge in [-0.25, -0.2) is 4.68 Å². The zero-order valence-electron chi connectivity index (χ0n) is 13.2. The Labute approximate surface area is 142 Å². The summed E-state index contributed by atoms with van der Waals surface area (Å²) in [5.74, 6) is -0.463. The number of piperidine rings is 1. The zero-order chi connectivity index (χ0) is 17.4. The Balaban J connectivity index is 1.52. The highest BCUT2D eigenvalue weighted by molar-refractivity contribution is 5.97. The number of carbonyl (C=O) groups excluding carboxylic acids is 1. The number of fused-ring (bicyclic) bond motifs is 3. The number of ether oxygens (including phenoxy) is 2. The first-order chi connectivity index (χ1) is 12.1. The van der Waals surface area contributed by atoms with Crippen molar-refractivity contribution >= 4 is 5.91 Å². The molecule has 1 fully saturated rings. The van der Waals surface area contributed by atoms with Gasteiger partial charge in [-0.1, -0.05) is 17.3 Å². The van der Waals surface area contributed by atoms with Crippen LogP contribution in [0.2, 0.25) is 0 Å². The molecule has 0 radical (unpaired) electrons. The summed E-state index contributed by atoms with van der Waals surface area (Å²) in [6.07, 6.45) is 2.13. The monoisotopic (exact) mass is 350 g/mol. The molecular weight excluding hydrogens is 334 g/mol. The summed E-state index contributed by atoms with van der Waals surface area (Å²) in [4.78, 5) is 14.4. The van der Waals surface area contributed by atoms with Crippen molar-refractivity contribution in [1.29, 1.82) is 0 Å². The zero-order valence-corrected chi connectivity index (χ0v) is 13.2. The molecule has 0 N–H and O–H groups in total. The average molecular weight is 350 g/mol. The molecule has 1 amide bonds. The number of benzene rings is 1. The number of alkyl halides is 2. The lowest BCUT2D eigenvalue weighted by atomic mass is 9.99. The van der Waals surface area contributed by atoms with Gasteiger partial charge in [-0.3, -0.25) is 4.79 Å². The number of hydrogen-bond acceptors (Lipinski definition) is 5. The molecule has 0 saturated carbocycles. The molecule has 2 aromatic rings. The Hall–Kier alpha value is -2.55. The van der Waals surface area contributed by atoms with Gasteiger partial charge in [-0.15, -0.1) is 5.10 Å². The normalized spacial score (nSPS) is 22.4. The summed E-state index contributed by atoms with van der Waals surface area (Å²) in [5.41, 5.74) is 1.04. The van der Waals surface area contributed by atoms with E-state index in [1.54, 1.807) is 23.2 Å².